The molecule has 0 aliphatic heterocycles. The fourth-order valence-electron chi connectivity index (χ4n) is 1.36. The smallest absolute Gasteiger partial charge is 0.0869 e. The van der Waals surface area contributed by atoms with Crippen LogP contribution in [0.5, 0.6) is 0 Å². The first-order valence-electron chi connectivity index (χ1n) is 5.37. The van der Waals surface area contributed by atoms with E-state index in [-0.39, 0.29) is 6.04 Å². The van der Waals surface area contributed by atoms with Crippen LogP contribution in [0.4, 0.5) is 0 Å². The van der Waals surface area contributed by atoms with Crippen molar-refractivity contribution in [3.05, 3.63) is 0 Å². The Hall–Kier alpha value is -0.160. The SMILES string of the molecule is CC(NCC(C)(O)CN(C)C)C(C)(C)O. The van der Waals surface area contributed by atoms with Gasteiger partial charge < -0.3 is 20.4 Å². The Balaban J connectivity index is 4.04. The van der Waals surface area contributed by atoms with E-state index in [0.717, 1.165) is 0 Å². The summed E-state index contributed by atoms with van der Waals surface area (Å²) >= 11 is 0. The predicted molar refractivity (Wildman–Crippen MR) is 62.9 cm³/mol. The maximum absolute atomic E-state index is 10.0. The van der Waals surface area contributed by atoms with Gasteiger partial charge in [0.15, 0.2) is 0 Å². The molecule has 0 aromatic rings. The lowest BCUT2D eigenvalue weighted by Gasteiger charge is -2.32. The normalized spacial score (nSPS) is 19.0. The molecule has 92 valence electrons. The van der Waals surface area contributed by atoms with E-state index in [0.29, 0.717) is 13.1 Å². The van der Waals surface area contributed by atoms with Crippen LogP contribution in [0, 0.1) is 0 Å². The van der Waals surface area contributed by atoms with E-state index in [4.69, 9.17) is 0 Å². The molecule has 0 saturated heterocycles. The molecule has 4 nitrogen and oxygen atoms in total. The molecule has 0 rings (SSSR count). The third-order valence-electron chi connectivity index (χ3n) is 2.51. The highest BCUT2D eigenvalue weighted by Gasteiger charge is 2.26. The van der Waals surface area contributed by atoms with Gasteiger partial charge in [-0.25, -0.2) is 0 Å². The van der Waals surface area contributed by atoms with Crippen LogP contribution in [0.2, 0.25) is 0 Å². The van der Waals surface area contributed by atoms with Gasteiger partial charge in [0.05, 0.1) is 11.2 Å². The van der Waals surface area contributed by atoms with Crippen LogP contribution >= 0.6 is 0 Å². The Morgan fingerprint density at radius 1 is 1.20 bits per heavy atom. The molecule has 0 bridgehead atoms. The monoisotopic (exact) mass is 218 g/mol. The lowest BCUT2D eigenvalue weighted by Crippen LogP contribution is -2.52. The summed E-state index contributed by atoms with van der Waals surface area (Å²) in [5.74, 6) is 0. The summed E-state index contributed by atoms with van der Waals surface area (Å²) in [6.45, 7) is 8.27. The van der Waals surface area contributed by atoms with Gasteiger partial charge in [-0.1, -0.05) is 0 Å². The molecule has 3 N–H and O–H groups in total. The van der Waals surface area contributed by atoms with Crippen molar-refractivity contribution < 1.29 is 10.2 Å². The van der Waals surface area contributed by atoms with E-state index in [1.54, 1.807) is 20.8 Å². The maximum Gasteiger partial charge on any atom is 0.0869 e. The highest BCUT2D eigenvalue weighted by molar-refractivity contribution is 4.85. The number of nitrogens with zero attached hydrogens (tertiary/aromatic N) is 1. The Bertz CT molecular complexity index is 186. The van der Waals surface area contributed by atoms with Crippen molar-refractivity contribution in [2.45, 2.75) is 44.9 Å². The summed E-state index contributed by atoms with van der Waals surface area (Å²) in [5.41, 5.74) is -1.54. The molecule has 0 aromatic heterocycles. The van der Waals surface area contributed by atoms with Crippen LogP contribution in [0.3, 0.4) is 0 Å². The molecule has 0 heterocycles. The molecule has 0 spiro atoms. The van der Waals surface area contributed by atoms with Gasteiger partial charge in [-0.05, 0) is 41.8 Å². The minimum atomic E-state index is -0.775. The summed E-state index contributed by atoms with van der Waals surface area (Å²) in [5, 5.41) is 22.9. The highest BCUT2D eigenvalue weighted by Crippen LogP contribution is 2.09. The number of rotatable bonds is 6. The fourth-order valence-corrected chi connectivity index (χ4v) is 1.36. The number of hydrogen-bond donors (Lipinski definition) is 3. The van der Waals surface area contributed by atoms with E-state index in [9.17, 15) is 10.2 Å². The number of hydrogen-bond acceptors (Lipinski definition) is 4. The molecule has 0 aromatic carbocycles. The van der Waals surface area contributed by atoms with E-state index in [1.807, 2.05) is 25.9 Å². The fraction of sp³-hybridized carbons (Fsp3) is 1.00. The van der Waals surface area contributed by atoms with Crippen molar-refractivity contribution in [3.63, 3.8) is 0 Å². The largest absolute Gasteiger partial charge is 0.389 e. The zero-order valence-electron chi connectivity index (χ0n) is 10.8. The predicted octanol–water partition coefficient (Wildman–Crippen LogP) is 0.0480. The number of aliphatic hydroxyl groups is 2. The molecule has 2 atom stereocenters. The van der Waals surface area contributed by atoms with Crippen LogP contribution in [0.1, 0.15) is 27.7 Å². The van der Waals surface area contributed by atoms with E-state index in [1.165, 1.54) is 0 Å². The highest BCUT2D eigenvalue weighted by atomic mass is 16.3. The van der Waals surface area contributed by atoms with E-state index < -0.39 is 11.2 Å². The first kappa shape index (κ1) is 14.8. The molecule has 0 aliphatic carbocycles. The standard InChI is InChI=1S/C11H26N2O2/c1-9(10(2,3)14)12-7-11(4,15)8-13(5)6/h9,12,14-15H,7-8H2,1-6H3. The zero-order valence-corrected chi connectivity index (χ0v) is 10.8. The van der Waals surface area contributed by atoms with Crippen molar-refractivity contribution in [2.24, 2.45) is 0 Å². The van der Waals surface area contributed by atoms with Gasteiger partial charge in [0.1, 0.15) is 0 Å². The summed E-state index contributed by atoms with van der Waals surface area (Å²) in [6.07, 6.45) is 0. The Morgan fingerprint density at radius 2 is 1.67 bits per heavy atom. The van der Waals surface area contributed by atoms with Crippen molar-refractivity contribution in [1.82, 2.24) is 10.2 Å². The second-order valence-corrected chi connectivity index (χ2v) is 5.49. The molecule has 0 fully saturated rings. The second-order valence-electron chi connectivity index (χ2n) is 5.49. The maximum atomic E-state index is 10.0. The van der Waals surface area contributed by atoms with Gasteiger partial charge in [-0.3, -0.25) is 0 Å². The van der Waals surface area contributed by atoms with Crippen molar-refractivity contribution in [3.8, 4) is 0 Å². The van der Waals surface area contributed by atoms with Crippen LogP contribution in [0.15, 0.2) is 0 Å². The van der Waals surface area contributed by atoms with Gasteiger partial charge in [-0.15, -0.1) is 0 Å². The summed E-state index contributed by atoms with van der Waals surface area (Å²) in [6, 6.07) is -0.0499. The summed E-state index contributed by atoms with van der Waals surface area (Å²) in [4.78, 5) is 1.94. The minimum absolute atomic E-state index is 0.0499. The van der Waals surface area contributed by atoms with E-state index in [2.05, 4.69) is 5.32 Å². The third-order valence-corrected chi connectivity index (χ3v) is 2.51. The zero-order chi connectivity index (χ0) is 12.3. The molecule has 2 unspecified atom stereocenters. The van der Waals surface area contributed by atoms with E-state index >= 15 is 0 Å². The van der Waals surface area contributed by atoms with Crippen molar-refractivity contribution in [2.75, 3.05) is 27.2 Å². The second kappa shape index (κ2) is 5.25. The minimum Gasteiger partial charge on any atom is -0.389 e. The van der Waals surface area contributed by atoms with Gasteiger partial charge in [-0.2, -0.15) is 0 Å². The van der Waals surface area contributed by atoms with Crippen LogP contribution in [-0.4, -0.2) is 59.5 Å². The molecule has 0 saturated carbocycles. The molecule has 4 heteroatoms. The van der Waals surface area contributed by atoms with Gasteiger partial charge in [0.2, 0.25) is 0 Å². The summed E-state index contributed by atoms with van der Waals surface area (Å²) < 4.78 is 0. The molecule has 0 aliphatic rings. The first-order chi connectivity index (χ1) is 6.54. The quantitative estimate of drug-likeness (QED) is 0.589. The number of likely N-dealkylation sites (N-methyl/N-ethyl adjacent to an activating group) is 1. The molecular weight excluding hydrogens is 192 g/mol. The topological polar surface area (TPSA) is 55.7 Å². The molecule has 15 heavy (non-hydrogen) atoms. The van der Waals surface area contributed by atoms with Gasteiger partial charge in [0, 0.05) is 19.1 Å². The summed E-state index contributed by atoms with van der Waals surface area (Å²) in [7, 11) is 3.85. The lowest BCUT2D eigenvalue weighted by atomic mass is 9.99. The molecule has 0 radical (unpaired) electrons. The van der Waals surface area contributed by atoms with Crippen molar-refractivity contribution >= 4 is 0 Å². The molecular formula is C11H26N2O2. The van der Waals surface area contributed by atoms with Gasteiger partial charge in [0.25, 0.3) is 0 Å². The van der Waals surface area contributed by atoms with Crippen LogP contribution in [-0.2, 0) is 0 Å². The Morgan fingerprint density at radius 3 is 2.00 bits per heavy atom. The Labute approximate surface area is 93.3 Å². The van der Waals surface area contributed by atoms with Crippen LogP contribution < -0.4 is 5.32 Å². The number of nitrogens with one attached hydrogen (secondary N) is 1. The molecule has 0 amide bonds. The average molecular weight is 218 g/mol. The first-order valence-corrected chi connectivity index (χ1v) is 5.37. The average Bonchev–Trinajstić information content (AvgIpc) is 1.95. The van der Waals surface area contributed by atoms with Crippen molar-refractivity contribution in [1.29, 1.82) is 0 Å². The Kier molecular flexibility index (Phi) is 5.20. The van der Waals surface area contributed by atoms with Gasteiger partial charge >= 0.3 is 0 Å². The van der Waals surface area contributed by atoms with Crippen LogP contribution in [0.25, 0.3) is 0 Å². The lowest BCUT2D eigenvalue weighted by molar-refractivity contribution is 0.00814. The third kappa shape index (κ3) is 6.84.